The van der Waals surface area contributed by atoms with E-state index in [0.29, 0.717) is 10.6 Å². The zero-order valence-corrected chi connectivity index (χ0v) is 14.8. The molecule has 4 rings (SSSR count). The molecule has 1 fully saturated rings. The van der Waals surface area contributed by atoms with Gasteiger partial charge in [0.2, 0.25) is 5.91 Å². The molecule has 26 heavy (non-hydrogen) atoms. The van der Waals surface area contributed by atoms with Gasteiger partial charge in [-0.25, -0.2) is 0 Å². The van der Waals surface area contributed by atoms with Gasteiger partial charge in [0.25, 0.3) is 5.91 Å². The zero-order chi connectivity index (χ0) is 18.1. The summed E-state index contributed by atoms with van der Waals surface area (Å²) in [5.41, 5.74) is 8.83. The minimum atomic E-state index is -0.532. The molecular formula is C21H18N2O2S. The predicted octanol–water partition coefficient (Wildman–Crippen LogP) is 4.26. The number of carbonyl (C=O) groups excluding carboxylic acids is 2. The summed E-state index contributed by atoms with van der Waals surface area (Å²) in [6.45, 7) is 0. The van der Waals surface area contributed by atoms with E-state index in [0.717, 1.165) is 17.5 Å². The van der Waals surface area contributed by atoms with E-state index < -0.39 is 5.91 Å². The maximum absolute atomic E-state index is 12.6. The Kier molecular flexibility index (Phi) is 4.31. The average Bonchev–Trinajstić information content (AvgIpc) is 3.37. The monoisotopic (exact) mass is 362 g/mol. The molecule has 0 spiro atoms. The van der Waals surface area contributed by atoms with E-state index in [1.807, 2.05) is 66.0 Å². The highest BCUT2D eigenvalue weighted by molar-refractivity contribution is 7.15. The average molecular weight is 362 g/mol. The molecule has 0 saturated heterocycles. The van der Waals surface area contributed by atoms with Gasteiger partial charge >= 0.3 is 0 Å². The number of primary amides is 1. The number of hydrogen-bond donors (Lipinski definition) is 2. The second-order valence-corrected chi connectivity index (χ2v) is 7.31. The van der Waals surface area contributed by atoms with Crippen molar-refractivity contribution in [1.82, 2.24) is 0 Å². The highest BCUT2D eigenvalue weighted by Gasteiger charge is 2.44. The lowest BCUT2D eigenvalue weighted by Gasteiger charge is -2.07. The summed E-state index contributed by atoms with van der Waals surface area (Å²) in [5.74, 6) is -0.388. The number of benzene rings is 2. The minimum absolute atomic E-state index is 0.0529. The largest absolute Gasteiger partial charge is 0.365 e. The Hall–Kier alpha value is -2.92. The highest BCUT2D eigenvalue weighted by atomic mass is 32.1. The van der Waals surface area contributed by atoms with Crippen LogP contribution in [0.2, 0.25) is 0 Å². The molecule has 2 amide bonds. The number of nitrogens with one attached hydrogen (secondary N) is 1. The van der Waals surface area contributed by atoms with Gasteiger partial charge in [-0.15, -0.1) is 11.3 Å². The van der Waals surface area contributed by atoms with E-state index in [-0.39, 0.29) is 17.7 Å². The summed E-state index contributed by atoms with van der Waals surface area (Å²) in [4.78, 5) is 24.6. The molecule has 1 heterocycles. The summed E-state index contributed by atoms with van der Waals surface area (Å²) < 4.78 is 0. The van der Waals surface area contributed by atoms with Crippen molar-refractivity contribution in [3.63, 3.8) is 0 Å². The third-order valence-corrected chi connectivity index (χ3v) is 5.61. The Labute approximate surface area is 155 Å². The van der Waals surface area contributed by atoms with Gasteiger partial charge in [-0.1, -0.05) is 60.7 Å². The number of nitrogens with two attached hydrogens (primary N) is 1. The summed E-state index contributed by atoms with van der Waals surface area (Å²) in [6.07, 6.45) is 0.832. The van der Waals surface area contributed by atoms with Gasteiger partial charge in [-0.2, -0.15) is 0 Å². The minimum Gasteiger partial charge on any atom is -0.365 e. The number of thiophene rings is 1. The van der Waals surface area contributed by atoms with Crippen molar-refractivity contribution < 1.29 is 9.59 Å². The Morgan fingerprint density at radius 3 is 2.31 bits per heavy atom. The normalized spacial score (nSPS) is 18.3. The highest BCUT2D eigenvalue weighted by Crippen LogP contribution is 2.48. The summed E-state index contributed by atoms with van der Waals surface area (Å²) in [7, 11) is 0. The van der Waals surface area contributed by atoms with Gasteiger partial charge in [0.1, 0.15) is 5.00 Å². The van der Waals surface area contributed by atoms with Crippen LogP contribution in [-0.4, -0.2) is 11.8 Å². The van der Waals surface area contributed by atoms with Crippen LogP contribution in [0.4, 0.5) is 5.00 Å². The molecule has 1 aliphatic rings. The van der Waals surface area contributed by atoms with Crippen molar-refractivity contribution >= 4 is 28.2 Å². The molecule has 2 aromatic carbocycles. The number of rotatable bonds is 5. The molecule has 0 bridgehead atoms. The van der Waals surface area contributed by atoms with Crippen molar-refractivity contribution in [3.8, 4) is 11.1 Å². The SMILES string of the molecule is NC(=O)c1c(-c2ccccc2)csc1NC(=O)[C@H]1C[C@H]1c1ccccc1. The Morgan fingerprint density at radius 1 is 1.00 bits per heavy atom. The molecule has 0 radical (unpaired) electrons. The topological polar surface area (TPSA) is 72.2 Å². The van der Waals surface area contributed by atoms with Crippen LogP contribution in [0.5, 0.6) is 0 Å². The lowest BCUT2D eigenvalue weighted by molar-refractivity contribution is -0.117. The summed E-state index contributed by atoms with van der Waals surface area (Å²) >= 11 is 1.34. The van der Waals surface area contributed by atoms with Gasteiger partial charge in [0.15, 0.2) is 0 Å². The second-order valence-electron chi connectivity index (χ2n) is 6.43. The van der Waals surface area contributed by atoms with E-state index in [1.54, 1.807) is 0 Å². The maximum atomic E-state index is 12.6. The van der Waals surface area contributed by atoms with Gasteiger partial charge in [-0.3, -0.25) is 9.59 Å². The van der Waals surface area contributed by atoms with Crippen LogP contribution in [0.3, 0.4) is 0 Å². The molecule has 3 N–H and O–H groups in total. The van der Waals surface area contributed by atoms with Crippen LogP contribution in [0.25, 0.3) is 11.1 Å². The first kappa shape index (κ1) is 16.5. The second kappa shape index (κ2) is 6.77. The Morgan fingerprint density at radius 2 is 1.65 bits per heavy atom. The van der Waals surface area contributed by atoms with Crippen molar-refractivity contribution in [2.24, 2.45) is 11.7 Å². The van der Waals surface area contributed by atoms with Crippen LogP contribution < -0.4 is 11.1 Å². The third-order valence-electron chi connectivity index (χ3n) is 4.71. The fourth-order valence-corrected chi connectivity index (χ4v) is 4.26. The first-order chi connectivity index (χ1) is 12.6. The molecule has 0 aliphatic heterocycles. The van der Waals surface area contributed by atoms with Crippen LogP contribution >= 0.6 is 11.3 Å². The van der Waals surface area contributed by atoms with Crippen molar-refractivity contribution in [2.75, 3.05) is 5.32 Å². The quantitative estimate of drug-likeness (QED) is 0.712. The van der Waals surface area contributed by atoms with Gasteiger partial charge in [-0.05, 0) is 23.5 Å². The molecule has 1 saturated carbocycles. The van der Waals surface area contributed by atoms with Crippen LogP contribution in [0, 0.1) is 5.92 Å². The first-order valence-corrected chi connectivity index (χ1v) is 9.35. The maximum Gasteiger partial charge on any atom is 0.252 e. The molecule has 1 aromatic heterocycles. The van der Waals surface area contributed by atoms with E-state index in [9.17, 15) is 9.59 Å². The molecule has 5 heteroatoms. The molecule has 2 atom stereocenters. The van der Waals surface area contributed by atoms with E-state index in [4.69, 9.17) is 5.73 Å². The van der Waals surface area contributed by atoms with Crippen LogP contribution in [0.1, 0.15) is 28.3 Å². The lowest BCUT2D eigenvalue weighted by Crippen LogP contribution is -2.18. The third kappa shape index (κ3) is 3.13. The first-order valence-electron chi connectivity index (χ1n) is 8.47. The van der Waals surface area contributed by atoms with E-state index >= 15 is 0 Å². The summed E-state index contributed by atoms with van der Waals surface area (Å²) in [6, 6.07) is 19.6. The zero-order valence-electron chi connectivity index (χ0n) is 14.0. The van der Waals surface area contributed by atoms with Gasteiger partial charge < -0.3 is 11.1 Å². The number of carbonyl (C=O) groups is 2. The fraction of sp³-hybridized carbons (Fsp3) is 0.143. The smallest absolute Gasteiger partial charge is 0.252 e. The molecular weight excluding hydrogens is 344 g/mol. The van der Waals surface area contributed by atoms with E-state index in [2.05, 4.69) is 5.32 Å². The van der Waals surface area contributed by atoms with Gasteiger partial charge in [0.05, 0.1) is 5.56 Å². The summed E-state index contributed by atoms with van der Waals surface area (Å²) in [5, 5.41) is 5.32. The van der Waals surface area contributed by atoms with E-state index in [1.165, 1.54) is 16.9 Å². The fourth-order valence-electron chi connectivity index (χ4n) is 3.28. The Balaban J connectivity index is 1.55. The molecule has 130 valence electrons. The standard InChI is InChI=1S/C21H18N2O2S/c22-19(24)18-17(14-9-5-2-6-10-14)12-26-21(18)23-20(25)16-11-15(16)13-7-3-1-4-8-13/h1-10,12,15-16H,11H2,(H2,22,24)(H,23,25)/t15-,16-/m0/s1. The predicted molar refractivity (Wildman–Crippen MR) is 104 cm³/mol. The molecule has 0 unspecified atom stereocenters. The number of hydrogen-bond acceptors (Lipinski definition) is 3. The molecule has 1 aliphatic carbocycles. The number of anilines is 1. The van der Waals surface area contributed by atoms with Crippen molar-refractivity contribution in [3.05, 3.63) is 77.2 Å². The van der Waals surface area contributed by atoms with Gasteiger partial charge in [0, 0.05) is 16.9 Å². The van der Waals surface area contributed by atoms with Crippen LogP contribution in [-0.2, 0) is 4.79 Å². The molecule has 3 aromatic rings. The van der Waals surface area contributed by atoms with Crippen molar-refractivity contribution in [1.29, 1.82) is 0 Å². The van der Waals surface area contributed by atoms with Crippen molar-refractivity contribution in [2.45, 2.75) is 12.3 Å². The van der Waals surface area contributed by atoms with Crippen LogP contribution in [0.15, 0.2) is 66.0 Å². The lowest BCUT2D eigenvalue weighted by atomic mass is 10.0. The molecule has 4 nitrogen and oxygen atoms in total. The number of amides is 2. The Bertz CT molecular complexity index is 951.